The van der Waals surface area contributed by atoms with Gasteiger partial charge in [0.05, 0.1) is 11.8 Å². The second kappa shape index (κ2) is 10.1. The molecule has 0 radical (unpaired) electrons. The fourth-order valence-electron chi connectivity index (χ4n) is 5.64. The Balaban J connectivity index is 1.03. The Kier molecular flexibility index (Phi) is 6.37. The van der Waals surface area contributed by atoms with Gasteiger partial charge in [-0.05, 0) is 91.9 Å². The van der Waals surface area contributed by atoms with Crippen LogP contribution in [0.5, 0.6) is 11.5 Å². The third-order valence-corrected chi connectivity index (χ3v) is 7.44. The summed E-state index contributed by atoms with van der Waals surface area (Å²) in [7, 11) is 0. The summed E-state index contributed by atoms with van der Waals surface area (Å²) < 4.78 is 11.3. The van der Waals surface area contributed by atoms with Gasteiger partial charge in [0.25, 0.3) is 0 Å². The van der Waals surface area contributed by atoms with Gasteiger partial charge in [0.15, 0.2) is 0 Å². The molecule has 0 spiro atoms. The molecule has 2 bridgehead atoms. The zero-order valence-electron chi connectivity index (χ0n) is 20.4. The first-order valence-electron chi connectivity index (χ1n) is 12.7. The van der Waals surface area contributed by atoms with Crippen molar-refractivity contribution in [3.8, 4) is 23.0 Å². The van der Waals surface area contributed by atoms with Crippen molar-refractivity contribution in [2.75, 3.05) is 5.32 Å². The third-order valence-electron chi connectivity index (χ3n) is 7.44. The largest absolute Gasteiger partial charge is 0.478 e. The molecule has 2 N–H and O–H groups in total. The summed E-state index contributed by atoms with van der Waals surface area (Å²) in [6.45, 7) is 0.882. The number of fused-ring (bicyclic) bond motifs is 2. The Morgan fingerprint density at radius 3 is 2.19 bits per heavy atom. The van der Waals surface area contributed by atoms with Crippen molar-refractivity contribution in [1.82, 2.24) is 9.88 Å². The standard InChI is InChI=1S/C30H29N3O4/c34-30(35)22-3-1-20(2-4-22)19-33-25-9-10-26(33)18-24(17-25)32-23-7-13-28(14-8-23)37-27-11-5-21(6-12-27)29-31-15-16-36-29/h1-8,11-16,24-26,32H,9-10,17-19H2,(H,34,35)/t24?,25-,26+. The van der Waals surface area contributed by atoms with Gasteiger partial charge in [-0.3, -0.25) is 4.90 Å². The summed E-state index contributed by atoms with van der Waals surface area (Å²) in [5.41, 5.74) is 3.53. The molecule has 37 heavy (non-hydrogen) atoms. The van der Waals surface area contributed by atoms with Gasteiger partial charge in [-0.25, -0.2) is 9.78 Å². The van der Waals surface area contributed by atoms with E-state index in [9.17, 15) is 4.79 Å². The normalized spacial score (nSPS) is 21.0. The van der Waals surface area contributed by atoms with Crippen molar-refractivity contribution in [2.45, 2.75) is 50.4 Å². The first kappa shape index (κ1) is 23.3. The maximum atomic E-state index is 11.1. The van der Waals surface area contributed by atoms with Crippen molar-refractivity contribution in [3.05, 3.63) is 96.4 Å². The summed E-state index contributed by atoms with van der Waals surface area (Å²) in [6.07, 6.45) is 7.86. The average molecular weight is 496 g/mol. The molecule has 4 aromatic rings. The number of aromatic nitrogens is 1. The fourth-order valence-corrected chi connectivity index (χ4v) is 5.64. The zero-order chi connectivity index (χ0) is 25.2. The molecule has 3 atom stereocenters. The predicted molar refractivity (Wildman–Crippen MR) is 141 cm³/mol. The van der Waals surface area contributed by atoms with E-state index >= 15 is 0 Å². The maximum absolute atomic E-state index is 11.1. The summed E-state index contributed by atoms with van der Waals surface area (Å²) in [4.78, 5) is 17.9. The number of hydrogen-bond donors (Lipinski definition) is 2. The monoisotopic (exact) mass is 495 g/mol. The van der Waals surface area contributed by atoms with Crippen LogP contribution in [0.2, 0.25) is 0 Å². The van der Waals surface area contributed by atoms with E-state index in [1.165, 1.54) is 18.4 Å². The predicted octanol–water partition coefficient (Wildman–Crippen LogP) is 6.44. The van der Waals surface area contributed by atoms with E-state index < -0.39 is 5.97 Å². The molecule has 3 heterocycles. The van der Waals surface area contributed by atoms with Crippen molar-refractivity contribution < 1.29 is 19.1 Å². The van der Waals surface area contributed by atoms with Crippen LogP contribution in [0.25, 0.3) is 11.5 Å². The molecule has 2 saturated heterocycles. The molecule has 1 aromatic heterocycles. The van der Waals surface area contributed by atoms with Crippen molar-refractivity contribution in [2.24, 2.45) is 0 Å². The van der Waals surface area contributed by atoms with E-state index in [1.54, 1.807) is 24.6 Å². The second-order valence-electron chi connectivity index (χ2n) is 9.86. The molecule has 2 fully saturated rings. The zero-order valence-corrected chi connectivity index (χ0v) is 20.4. The third kappa shape index (κ3) is 5.22. The Morgan fingerprint density at radius 2 is 1.59 bits per heavy atom. The van der Waals surface area contributed by atoms with Crippen LogP contribution >= 0.6 is 0 Å². The number of nitrogens with one attached hydrogen (secondary N) is 1. The lowest BCUT2D eigenvalue weighted by molar-refractivity contribution is 0.0696. The minimum absolute atomic E-state index is 0.339. The molecular weight excluding hydrogens is 466 g/mol. The number of benzene rings is 3. The van der Waals surface area contributed by atoms with E-state index in [2.05, 4.69) is 27.3 Å². The first-order chi connectivity index (χ1) is 18.1. The number of carbonyl (C=O) groups is 1. The molecule has 0 aliphatic carbocycles. The molecule has 7 nitrogen and oxygen atoms in total. The lowest BCUT2D eigenvalue weighted by Gasteiger charge is -2.39. The van der Waals surface area contributed by atoms with Crippen LogP contribution in [-0.4, -0.2) is 39.1 Å². The average Bonchev–Trinajstić information content (AvgIpc) is 3.52. The van der Waals surface area contributed by atoms with Gasteiger partial charge in [0.1, 0.15) is 17.8 Å². The van der Waals surface area contributed by atoms with Crippen LogP contribution in [0.15, 0.2) is 89.7 Å². The van der Waals surface area contributed by atoms with Crippen LogP contribution in [0.1, 0.15) is 41.6 Å². The molecule has 0 amide bonds. The van der Waals surface area contributed by atoms with E-state index in [1.807, 2.05) is 48.5 Å². The van der Waals surface area contributed by atoms with Crippen LogP contribution in [0.3, 0.4) is 0 Å². The van der Waals surface area contributed by atoms with Gasteiger partial charge in [-0.1, -0.05) is 12.1 Å². The highest BCUT2D eigenvalue weighted by Crippen LogP contribution is 2.38. The Labute approximate surface area is 215 Å². The van der Waals surface area contributed by atoms with Gasteiger partial charge in [-0.15, -0.1) is 0 Å². The highest BCUT2D eigenvalue weighted by molar-refractivity contribution is 5.87. The summed E-state index contributed by atoms with van der Waals surface area (Å²) >= 11 is 0. The first-order valence-corrected chi connectivity index (χ1v) is 12.7. The molecule has 188 valence electrons. The number of carboxylic acids is 1. The van der Waals surface area contributed by atoms with E-state index in [-0.39, 0.29) is 0 Å². The lowest BCUT2D eigenvalue weighted by atomic mass is 9.96. The Morgan fingerprint density at radius 1 is 0.946 bits per heavy atom. The van der Waals surface area contributed by atoms with E-state index in [4.69, 9.17) is 14.3 Å². The number of oxazole rings is 1. The highest BCUT2D eigenvalue weighted by atomic mass is 16.5. The van der Waals surface area contributed by atoms with Gasteiger partial charge < -0.3 is 19.6 Å². The van der Waals surface area contributed by atoms with E-state index in [0.29, 0.717) is 29.6 Å². The topological polar surface area (TPSA) is 87.8 Å². The van der Waals surface area contributed by atoms with E-state index in [0.717, 1.165) is 42.1 Å². The molecule has 2 aliphatic heterocycles. The van der Waals surface area contributed by atoms with Gasteiger partial charge >= 0.3 is 5.97 Å². The van der Waals surface area contributed by atoms with Gasteiger partial charge in [0.2, 0.25) is 5.89 Å². The number of aromatic carboxylic acids is 1. The quantitative estimate of drug-likeness (QED) is 0.291. The Bertz CT molecular complexity index is 1320. The molecule has 2 aliphatic rings. The number of anilines is 1. The van der Waals surface area contributed by atoms with Crippen LogP contribution < -0.4 is 10.1 Å². The van der Waals surface area contributed by atoms with Crippen molar-refractivity contribution in [1.29, 1.82) is 0 Å². The van der Waals surface area contributed by atoms with Gasteiger partial charge in [-0.2, -0.15) is 0 Å². The fraction of sp³-hybridized carbons (Fsp3) is 0.267. The molecule has 0 saturated carbocycles. The lowest BCUT2D eigenvalue weighted by Crippen LogP contribution is -2.46. The molecule has 6 rings (SSSR count). The SMILES string of the molecule is O=C(O)c1ccc(CN2[C@@H]3CC[C@H]2CC(Nc2ccc(Oc4ccc(-c5ncco5)cc4)cc2)C3)cc1. The second-order valence-corrected chi connectivity index (χ2v) is 9.86. The number of nitrogens with zero attached hydrogens (tertiary/aromatic N) is 2. The number of hydrogen-bond acceptors (Lipinski definition) is 6. The molecule has 1 unspecified atom stereocenters. The minimum Gasteiger partial charge on any atom is -0.478 e. The summed E-state index contributed by atoms with van der Waals surface area (Å²) in [5.74, 6) is 1.27. The molecule has 3 aromatic carbocycles. The Hall–Kier alpha value is -4.10. The molecular formula is C30H29N3O4. The molecule has 7 heteroatoms. The van der Waals surface area contributed by atoms with Crippen molar-refractivity contribution >= 4 is 11.7 Å². The van der Waals surface area contributed by atoms with Crippen LogP contribution in [-0.2, 0) is 6.54 Å². The minimum atomic E-state index is -0.879. The summed E-state index contributed by atoms with van der Waals surface area (Å²) in [6, 6.07) is 24.7. The number of piperidine rings is 1. The van der Waals surface area contributed by atoms with Crippen LogP contribution in [0.4, 0.5) is 5.69 Å². The maximum Gasteiger partial charge on any atom is 0.335 e. The number of ether oxygens (including phenoxy) is 1. The van der Waals surface area contributed by atoms with Crippen LogP contribution in [0, 0.1) is 0 Å². The highest BCUT2D eigenvalue weighted by Gasteiger charge is 2.40. The number of rotatable bonds is 8. The van der Waals surface area contributed by atoms with Gasteiger partial charge in [0, 0.05) is 35.9 Å². The number of carboxylic acid groups (broad SMARTS) is 1. The smallest absolute Gasteiger partial charge is 0.335 e. The van der Waals surface area contributed by atoms with Crippen molar-refractivity contribution in [3.63, 3.8) is 0 Å². The summed E-state index contributed by atoms with van der Waals surface area (Å²) in [5, 5.41) is 12.9.